The van der Waals surface area contributed by atoms with Crippen molar-refractivity contribution in [3.05, 3.63) is 59.8 Å². The SMILES string of the molecule is CCc1ccccc1NC(=O)CNC(=O)c1ccc2[nH]ncc2c1. The number of hydrogen-bond acceptors (Lipinski definition) is 3. The number of benzene rings is 2. The van der Waals surface area contributed by atoms with E-state index in [0.29, 0.717) is 5.56 Å². The van der Waals surface area contributed by atoms with E-state index in [9.17, 15) is 9.59 Å². The zero-order valence-corrected chi connectivity index (χ0v) is 13.3. The van der Waals surface area contributed by atoms with Crippen LogP contribution in [0.3, 0.4) is 0 Å². The second-order valence-corrected chi connectivity index (χ2v) is 5.41. The molecule has 0 aliphatic heterocycles. The minimum absolute atomic E-state index is 0.0830. The predicted octanol–water partition coefficient (Wildman–Crippen LogP) is 2.49. The molecule has 2 aromatic carbocycles. The summed E-state index contributed by atoms with van der Waals surface area (Å²) in [6.45, 7) is 1.94. The minimum atomic E-state index is -0.294. The maximum absolute atomic E-state index is 12.2. The number of aryl methyl sites for hydroxylation is 1. The molecule has 0 bridgehead atoms. The van der Waals surface area contributed by atoms with Gasteiger partial charge in [-0.2, -0.15) is 5.10 Å². The summed E-state index contributed by atoms with van der Waals surface area (Å²) in [7, 11) is 0. The third kappa shape index (κ3) is 3.43. The van der Waals surface area contributed by atoms with Crippen LogP contribution in [0, 0.1) is 0 Å². The minimum Gasteiger partial charge on any atom is -0.343 e. The number of aromatic amines is 1. The molecule has 3 N–H and O–H groups in total. The second kappa shape index (κ2) is 6.95. The lowest BCUT2D eigenvalue weighted by Gasteiger charge is -2.10. The number of carbonyl (C=O) groups is 2. The largest absolute Gasteiger partial charge is 0.343 e. The molecule has 6 heteroatoms. The summed E-state index contributed by atoms with van der Waals surface area (Å²) in [6.07, 6.45) is 2.48. The first kappa shape index (κ1) is 15.7. The quantitative estimate of drug-likeness (QED) is 0.674. The summed E-state index contributed by atoms with van der Waals surface area (Å²) < 4.78 is 0. The molecular weight excluding hydrogens is 304 g/mol. The fourth-order valence-electron chi connectivity index (χ4n) is 2.49. The van der Waals surface area contributed by atoms with Gasteiger partial charge in [0.15, 0.2) is 0 Å². The number of para-hydroxylation sites is 1. The topological polar surface area (TPSA) is 86.9 Å². The molecule has 3 aromatic rings. The molecule has 0 atom stereocenters. The molecule has 1 aromatic heterocycles. The van der Waals surface area contributed by atoms with Crippen LogP contribution in [0.15, 0.2) is 48.7 Å². The van der Waals surface area contributed by atoms with Crippen LogP contribution < -0.4 is 10.6 Å². The molecule has 24 heavy (non-hydrogen) atoms. The van der Waals surface area contributed by atoms with Gasteiger partial charge in [0.2, 0.25) is 5.91 Å². The number of aromatic nitrogens is 2. The lowest BCUT2D eigenvalue weighted by Crippen LogP contribution is -2.33. The highest BCUT2D eigenvalue weighted by Gasteiger charge is 2.10. The zero-order chi connectivity index (χ0) is 16.9. The standard InChI is InChI=1S/C18H18N4O2/c1-2-12-5-3-4-6-15(12)21-17(23)11-19-18(24)13-7-8-16-14(9-13)10-20-22-16/h3-10H,2,11H2,1H3,(H,19,24)(H,20,22)(H,21,23). The molecule has 3 rings (SSSR count). The highest BCUT2D eigenvalue weighted by atomic mass is 16.2. The maximum Gasteiger partial charge on any atom is 0.251 e. The van der Waals surface area contributed by atoms with Crippen molar-refractivity contribution < 1.29 is 9.59 Å². The first-order chi connectivity index (χ1) is 11.7. The number of H-pyrrole nitrogens is 1. The molecule has 0 aliphatic carbocycles. The van der Waals surface area contributed by atoms with Gasteiger partial charge in [0, 0.05) is 16.6 Å². The smallest absolute Gasteiger partial charge is 0.251 e. The van der Waals surface area contributed by atoms with Gasteiger partial charge in [0.25, 0.3) is 5.91 Å². The van der Waals surface area contributed by atoms with Crippen molar-refractivity contribution in [2.45, 2.75) is 13.3 Å². The van der Waals surface area contributed by atoms with Crippen LogP contribution in [0.2, 0.25) is 0 Å². The van der Waals surface area contributed by atoms with E-state index in [1.807, 2.05) is 31.2 Å². The molecule has 0 unspecified atom stereocenters. The summed E-state index contributed by atoms with van der Waals surface area (Å²) >= 11 is 0. The normalized spacial score (nSPS) is 10.5. The lowest BCUT2D eigenvalue weighted by molar-refractivity contribution is -0.115. The third-order valence-corrected chi connectivity index (χ3v) is 3.78. The molecule has 6 nitrogen and oxygen atoms in total. The third-order valence-electron chi connectivity index (χ3n) is 3.78. The summed E-state index contributed by atoms with van der Waals surface area (Å²) in [5.74, 6) is -0.550. The van der Waals surface area contributed by atoms with Crippen LogP contribution >= 0.6 is 0 Å². The van der Waals surface area contributed by atoms with E-state index in [-0.39, 0.29) is 18.4 Å². The summed E-state index contributed by atoms with van der Waals surface area (Å²) in [6, 6.07) is 12.8. The number of hydrogen-bond donors (Lipinski definition) is 3. The summed E-state index contributed by atoms with van der Waals surface area (Å²) in [5.41, 5.74) is 3.19. The van der Waals surface area contributed by atoms with Gasteiger partial charge < -0.3 is 10.6 Å². The van der Waals surface area contributed by atoms with Crippen molar-refractivity contribution in [1.82, 2.24) is 15.5 Å². The van der Waals surface area contributed by atoms with Gasteiger partial charge in [-0.05, 0) is 36.2 Å². The highest BCUT2D eigenvalue weighted by molar-refractivity contribution is 6.01. The Kier molecular flexibility index (Phi) is 4.56. The van der Waals surface area contributed by atoms with Crippen LogP contribution in [0.5, 0.6) is 0 Å². The average molecular weight is 322 g/mol. The molecule has 122 valence electrons. The van der Waals surface area contributed by atoms with Crippen LogP contribution in [0.4, 0.5) is 5.69 Å². The van der Waals surface area contributed by atoms with Crippen molar-refractivity contribution in [2.24, 2.45) is 0 Å². The van der Waals surface area contributed by atoms with E-state index in [2.05, 4.69) is 20.8 Å². The van der Waals surface area contributed by atoms with Gasteiger partial charge in [0.1, 0.15) is 0 Å². The molecule has 1 heterocycles. The Bertz CT molecular complexity index is 885. The Morgan fingerprint density at radius 1 is 1.17 bits per heavy atom. The van der Waals surface area contributed by atoms with Gasteiger partial charge in [0.05, 0.1) is 18.3 Å². The van der Waals surface area contributed by atoms with Crippen LogP contribution in [-0.2, 0) is 11.2 Å². The molecular formula is C18H18N4O2. The molecule has 0 radical (unpaired) electrons. The van der Waals surface area contributed by atoms with E-state index >= 15 is 0 Å². The van der Waals surface area contributed by atoms with Crippen molar-refractivity contribution in [2.75, 3.05) is 11.9 Å². The number of amides is 2. The molecule has 0 saturated heterocycles. The monoisotopic (exact) mass is 322 g/mol. The molecule has 0 aliphatic rings. The molecule has 0 spiro atoms. The molecule has 0 fully saturated rings. The van der Waals surface area contributed by atoms with E-state index in [1.54, 1.807) is 24.4 Å². The van der Waals surface area contributed by atoms with Gasteiger partial charge >= 0.3 is 0 Å². The fourth-order valence-corrected chi connectivity index (χ4v) is 2.49. The van der Waals surface area contributed by atoms with E-state index in [0.717, 1.165) is 28.6 Å². The number of carbonyl (C=O) groups excluding carboxylic acids is 2. The average Bonchev–Trinajstić information content (AvgIpc) is 3.07. The van der Waals surface area contributed by atoms with E-state index in [1.165, 1.54) is 0 Å². The number of rotatable bonds is 5. The summed E-state index contributed by atoms with van der Waals surface area (Å²) in [5, 5.41) is 13.1. The van der Waals surface area contributed by atoms with Gasteiger partial charge in [-0.3, -0.25) is 14.7 Å². The van der Waals surface area contributed by atoms with Crippen molar-refractivity contribution >= 4 is 28.4 Å². The number of nitrogens with zero attached hydrogens (tertiary/aromatic N) is 1. The van der Waals surface area contributed by atoms with Crippen LogP contribution in [-0.4, -0.2) is 28.6 Å². The lowest BCUT2D eigenvalue weighted by atomic mass is 10.1. The van der Waals surface area contributed by atoms with Gasteiger partial charge in [-0.1, -0.05) is 25.1 Å². The summed E-state index contributed by atoms with van der Waals surface area (Å²) in [4.78, 5) is 24.2. The highest BCUT2D eigenvalue weighted by Crippen LogP contribution is 2.15. The van der Waals surface area contributed by atoms with Crippen molar-refractivity contribution in [1.29, 1.82) is 0 Å². The Balaban J connectivity index is 1.60. The second-order valence-electron chi connectivity index (χ2n) is 5.41. The maximum atomic E-state index is 12.2. The predicted molar refractivity (Wildman–Crippen MR) is 92.9 cm³/mol. The Morgan fingerprint density at radius 2 is 2.00 bits per heavy atom. The number of nitrogens with one attached hydrogen (secondary N) is 3. The van der Waals surface area contributed by atoms with E-state index in [4.69, 9.17) is 0 Å². The molecule has 2 amide bonds. The fraction of sp³-hybridized carbons (Fsp3) is 0.167. The Hall–Kier alpha value is -3.15. The van der Waals surface area contributed by atoms with E-state index < -0.39 is 0 Å². The first-order valence-corrected chi connectivity index (χ1v) is 7.76. The first-order valence-electron chi connectivity index (χ1n) is 7.76. The number of anilines is 1. The van der Waals surface area contributed by atoms with Gasteiger partial charge in [-0.25, -0.2) is 0 Å². The number of fused-ring (bicyclic) bond motifs is 1. The Morgan fingerprint density at radius 3 is 2.83 bits per heavy atom. The van der Waals surface area contributed by atoms with Crippen LogP contribution in [0.25, 0.3) is 10.9 Å². The molecule has 0 saturated carbocycles. The zero-order valence-electron chi connectivity index (χ0n) is 13.3. The van der Waals surface area contributed by atoms with Crippen molar-refractivity contribution in [3.8, 4) is 0 Å². The van der Waals surface area contributed by atoms with Crippen molar-refractivity contribution in [3.63, 3.8) is 0 Å². The van der Waals surface area contributed by atoms with Gasteiger partial charge in [-0.15, -0.1) is 0 Å². The van der Waals surface area contributed by atoms with Crippen LogP contribution in [0.1, 0.15) is 22.8 Å². The Labute approximate surface area is 139 Å².